The van der Waals surface area contributed by atoms with Crippen LogP contribution in [-0.2, 0) is 6.18 Å². The molecule has 1 atom stereocenters. The maximum absolute atomic E-state index is 13.9. The van der Waals surface area contributed by atoms with E-state index < -0.39 is 29.5 Å². The average molecular weight is 463 g/mol. The van der Waals surface area contributed by atoms with Crippen LogP contribution in [0.5, 0.6) is 5.75 Å². The fourth-order valence-corrected chi connectivity index (χ4v) is 3.76. The Hall–Kier alpha value is -3.47. The summed E-state index contributed by atoms with van der Waals surface area (Å²) in [5.41, 5.74) is 4.80. The number of carbonyl (C=O) groups excluding carboxylic acids is 1. The number of methoxy groups -OCH3 is 1. The lowest BCUT2D eigenvalue weighted by Crippen LogP contribution is -2.41. The minimum absolute atomic E-state index is 0.121. The van der Waals surface area contributed by atoms with Crippen LogP contribution in [0.25, 0.3) is 10.9 Å². The van der Waals surface area contributed by atoms with E-state index in [1.54, 1.807) is 6.07 Å². The molecule has 0 radical (unpaired) electrons. The highest BCUT2D eigenvalue weighted by Crippen LogP contribution is 2.35. The second kappa shape index (κ2) is 8.81. The Morgan fingerprint density at radius 3 is 2.61 bits per heavy atom. The minimum Gasteiger partial charge on any atom is -0.497 e. The fourth-order valence-electron chi connectivity index (χ4n) is 3.76. The van der Waals surface area contributed by atoms with Gasteiger partial charge in [0.1, 0.15) is 23.7 Å². The summed E-state index contributed by atoms with van der Waals surface area (Å²) in [6.45, 7) is 1.98. The van der Waals surface area contributed by atoms with Gasteiger partial charge < -0.3 is 20.7 Å². The van der Waals surface area contributed by atoms with Gasteiger partial charge in [-0.25, -0.2) is 14.4 Å². The number of anilines is 1. The van der Waals surface area contributed by atoms with E-state index in [4.69, 9.17) is 10.5 Å². The third-order valence-electron chi connectivity index (χ3n) is 5.61. The van der Waals surface area contributed by atoms with E-state index in [0.29, 0.717) is 17.7 Å². The van der Waals surface area contributed by atoms with Crippen LogP contribution >= 0.6 is 0 Å². The molecule has 1 aliphatic heterocycles. The molecule has 174 valence electrons. The number of hydrogen-bond donors (Lipinski definition) is 2. The van der Waals surface area contributed by atoms with Crippen molar-refractivity contribution >= 4 is 22.6 Å². The van der Waals surface area contributed by atoms with E-state index in [1.165, 1.54) is 25.6 Å². The van der Waals surface area contributed by atoms with Gasteiger partial charge in [0.25, 0.3) is 5.91 Å². The molecule has 33 heavy (non-hydrogen) atoms. The second-order valence-electron chi connectivity index (χ2n) is 7.75. The van der Waals surface area contributed by atoms with Crippen molar-refractivity contribution in [1.82, 2.24) is 14.9 Å². The van der Waals surface area contributed by atoms with E-state index in [-0.39, 0.29) is 22.5 Å². The number of nitrogens with one attached hydrogen (secondary N) is 1. The van der Waals surface area contributed by atoms with Gasteiger partial charge in [0.05, 0.1) is 29.8 Å². The van der Waals surface area contributed by atoms with E-state index in [2.05, 4.69) is 20.2 Å². The Morgan fingerprint density at radius 2 is 2.00 bits per heavy atom. The second-order valence-corrected chi connectivity index (χ2v) is 7.75. The molecule has 0 saturated carbocycles. The highest BCUT2D eigenvalue weighted by molar-refractivity contribution is 6.07. The molecule has 1 saturated heterocycles. The molecule has 3 N–H and O–H groups in total. The first kappa shape index (κ1) is 22.7. The van der Waals surface area contributed by atoms with Crippen molar-refractivity contribution in [3.8, 4) is 5.75 Å². The van der Waals surface area contributed by atoms with Crippen LogP contribution in [-0.4, -0.2) is 47.5 Å². The van der Waals surface area contributed by atoms with E-state index in [1.807, 2.05) is 0 Å². The summed E-state index contributed by atoms with van der Waals surface area (Å²) in [6.07, 6.45) is -2.61. The van der Waals surface area contributed by atoms with Crippen LogP contribution in [0.1, 0.15) is 33.9 Å². The lowest BCUT2D eigenvalue weighted by molar-refractivity contribution is -0.140. The monoisotopic (exact) mass is 463 g/mol. The molecule has 1 unspecified atom stereocenters. The first-order valence-electron chi connectivity index (χ1n) is 10.2. The number of fused-ring (bicyclic) bond motifs is 1. The van der Waals surface area contributed by atoms with Crippen LogP contribution in [0.3, 0.4) is 0 Å². The highest BCUT2D eigenvalue weighted by atomic mass is 19.4. The van der Waals surface area contributed by atoms with Gasteiger partial charge in [0.2, 0.25) is 0 Å². The Kier molecular flexibility index (Phi) is 6.07. The van der Waals surface area contributed by atoms with Crippen LogP contribution in [0.2, 0.25) is 0 Å². The zero-order valence-corrected chi connectivity index (χ0v) is 17.6. The minimum atomic E-state index is -4.83. The molecule has 1 fully saturated rings. The van der Waals surface area contributed by atoms with Crippen molar-refractivity contribution < 1.29 is 27.1 Å². The lowest BCUT2D eigenvalue weighted by Gasteiger charge is -2.35. The summed E-state index contributed by atoms with van der Waals surface area (Å²) in [7, 11) is 1.42. The molecule has 3 aromatic rings. The standard InChI is InChI=1S/C22H21F4N5O2/c1-33-13-8-14(20(27)32)19-15(9-13)21(29-11-28-19)30-18(10-31-5-2-6-31)12-3-4-17(23)16(7-12)22(24,25)26/h3-4,7-9,11,18H,2,5-6,10H2,1H3,(H2,27,32)(H,28,29,30). The van der Waals surface area contributed by atoms with Gasteiger partial charge >= 0.3 is 6.18 Å². The Labute approximate surface area is 186 Å². The summed E-state index contributed by atoms with van der Waals surface area (Å²) in [4.78, 5) is 22.4. The van der Waals surface area contributed by atoms with Gasteiger partial charge in [-0.3, -0.25) is 4.79 Å². The Bertz CT molecular complexity index is 1200. The van der Waals surface area contributed by atoms with Crippen molar-refractivity contribution in [2.45, 2.75) is 18.6 Å². The van der Waals surface area contributed by atoms with E-state index in [0.717, 1.165) is 31.6 Å². The molecule has 4 rings (SSSR count). The Morgan fingerprint density at radius 1 is 1.24 bits per heavy atom. The molecule has 7 nitrogen and oxygen atoms in total. The number of nitrogens with zero attached hydrogens (tertiary/aromatic N) is 3. The largest absolute Gasteiger partial charge is 0.497 e. The topological polar surface area (TPSA) is 93.4 Å². The molecule has 1 amide bonds. The molecular weight excluding hydrogens is 442 g/mol. The molecule has 11 heteroatoms. The Balaban J connectivity index is 1.79. The average Bonchev–Trinajstić information content (AvgIpc) is 2.74. The summed E-state index contributed by atoms with van der Waals surface area (Å²) in [5.74, 6) is -1.43. The molecule has 2 heterocycles. The summed E-state index contributed by atoms with van der Waals surface area (Å²) < 4.78 is 59.1. The molecule has 0 bridgehead atoms. The maximum Gasteiger partial charge on any atom is 0.419 e. The number of rotatable bonds is 7. The number of benzene rings is 2. The van der Waals surface area contributed by atoms with Crippen molar-refractivity contribution in [2.75, 3.05) is 32.1 Å². The molecule has 0 spiro atoms. The predicted octanol–water partition coefficient (Wildman–Crippen LogP) is 3.75. The normalized spacial score (nSPS) is 15.2. The van der Waals surface area contributed by atoms with Crippen LogP contribution in [0.15, 0.2) is 36.7 Å². The van der Waals surface area contributed by atoms with Gasteiger partial charge in [0, 0.05) is 11.9 Å². The number of nitrogens with two attached hydrogens (primary N) is 1. The van der Waals surface area contributed by atoms with Crippen molar-refractivity contribution in [3.63, 3.8) is 0 Å². The van der Waals surface area contributed by atoms with E-state index in [9.17, 15) is 22.4 Å². The predicted molar refractivity (Wildman–Crippen MR) is 113 cm³/mol. The van der Waals surface area contributed by atoms with E-state index >= 15 is 0 Å². The number of halogens is 4. The van der Waals surface area contributed by atoms with Gasteiger partial charge in [-0.05, 0) is 49.3 Å². The van der Waals surface area contributed by atoms with Crippen LogP contribution < -0.4 is 15.8 Å². The number of carbonyl (C=O) groups is 1. The first-order chi connectivity index (χ1) is 15.7. The molecular formula is C22H21F4N5O2. The maximum atomic E-state index is 13.9. The van der Waals surface area contributed by atoms with Crippen molar-refractivity contribution in [2.24, 2.45) is 5.73 Å². The van der Waals surface area contributed by atoms with Crippen LogP contribution in [0, 0.1) is 5.82 Å². The fraction of sp³-hybridized carbons (Fsp3) is 0.318. The zero-order chi connectivity index (χ0) is 23.8. The zero-order valence-electron chi connectivity index (χ0n) is 17.6. The molecule has 1 aromatic heterocycles. The first-order valence-corrected chi connectivity index (χ1v) is 10.2. The number of amides is 1. The highest BCUT2D eigenvalue weighted by Gasteiger charge is 2.35. The lowest BCUT2D eigenvalue weighted by atomic mass is 10.0. The summed E-state index contributed by atoms with van der Waals surface area (Å²) in [5, 5.41) is 3.58. The third kappa shape index (κ3) is 4.68. The quantitative estimate of drug-likeness (QED) is 0.519. The van der Waals surface area contributed by atoms with Gasteiger partial charge in [-0.15, -0.1) is 0 Å². The van der Waals surface area contributed by atoms with Gasteiger partial charge in [-0.2, -0.15) is 13.2 Å². The molecule has 1 aliphatic rings. The van der Waals surface area contributed by atoms with Gasteiger partial charge in [0.15, 0.2) is 0 Å². The van der Waals surface area contributed by atoms with Gasteiger partial charge in [-0.1, -0.05) is 6.07 Å². The van der Waals surface area contributed by atoms with Crippen molar-refractivity contribution in [1.29, 1.82) is 0 Å². The smallest absolute Gasteiger partial charge is 0.419 e. The number of alkyl halides is 3. The summed E-state index contributed by atoms with van der Waals surface area (Å²) >= 11 is 0. The number of hydrogen-bond acceptors (Lipinski definition) is 6. The number of ether oxygens (including phenoxy) is 1. The number of primary amides is 1. The van der Waals surface area contributed by atoms with Crippen LogP contribution in [0.4, 0.5) is 23.4 Å². The SMILES string of the molecule is COc1cc(C(N)=O)c2ncnc(NC(CN3CCC3)c3ccc(F)c(C(F)(F)F)c3)c2c1. The number of aromatic nitrogens is 2. The number of likely N-dealkylation sites (tertiary alicyclic amines) is 1. The molecule has 2 aromatic carbocycles. The third-order valence-corrected chi connectivity index (χ3v) is 5.61. The summed E-state index contributed by atoms with van der Waals surface area (Å²) in [6, 6.07) is 5.36. The van der Waals surface area contributed by atoms with Crippen molar-refractivity contribution in [3.05, 3.63) is 59.2 Å². The molecule has 0 aliphatic carbocycles.